The Morgan fingerprint density at radius 2 is 1.67 bits per heavy atom. The molecule has 18 heavy (non-hydrogen) atoms. The third kappa shape index (κ3) is 2.85. The molecule has 5 heteroatoms. The second-order valence-electron chi connectivity index (χ2n) is 3.79. The molecule has 2 aromatic carbocycles. The Morgan fingerprint density at radius 1 is 0.944 bits per heavy atom. The first kappa shape index (κ1) is 14.2. The van der Waals surface area contributed by atoms with Crippen molar-refractivity contribution in [2.24, 2.45) is 5.73 Å². The molecule has 0 saturated heterocycles. The van der Waals surface area contributed by atoms with Crippen LogP contribution in [0.25, 0.3) is 0 Å². The predicted molar refractivity (Wildman–Crippen MR) is 82.0 cm³/mol. The molecule has 1 nitrogen and oxygen atoms in total. The van der Waals surface area contributed by atoms with Crippen LogP contribution in [0.2, 0.25) is 0 Å². The second kappa shape index (κ2) is 5.82. The van der Waals surface area contributed by atoms with Gasteiger partial charge in [0.15, 0.2) is 0 Å². The van der Waals surface area contributed by atoms with E-state index in [9.17, 15) is 4.39 Å². The number of hydrogen-bond donors (Lipinski definition) is 1. The van der Waals surface area contributed by atoms with Crippen molar-refractivity contribution in [1.29, 1.82) is 0 Å². The summed E-state index contributed by atoms with van der Waals surface area (Å²) in [6.45, 7) is 0. The Hall–Kier alpha value is -0.230. The minimum atomic E-state index is -0.509. The van der Waals surface area contributed by atoms with Crippen LogP contribution in [0.4, 0.5) is 4.39 Å². The smallest absolute Gasteiger partial charge is 0.142 e. The van der Waals surface area contributed by atoms with Crippen molar-refractivity contribution in [1.82, 2.24) is 0 Å². The molecule has 1 unspecified atom stereocenters. The van der Waals surface area contributed by atoms with E-state index in [0.717, 1.165) is 14.5 Å². The van der Waals surface area contributed by atoms with Crippen molar-refractivity contribution in [3.63, 3.8) is 0 Å². The maximum atomic E-state index is 14.0. The van der Waals surface area contributed by atoms with Crippen LogP contribution in [-0.4, -0.2) is 0 Å². The molecular weight excluding hydrogens is 429 g/mol. The highest BCUT2D eigenvalue weighted by molar-refractivity contribution is 9.11. The Labute approximate surface area is 130 Å². The molecule has 0 spiro atoms. The van der Waals surface area contributed by atoms with E-state index in [2.05, 4.69) is 47.8 Å². The first-order valence-corrected chi connectivity index (χ1v) is 7.53. The van der Waals surface area contributed by atoms with Gasteiger partial charge in [-0.25, -0.2) is 4.39 Å². The summed E-state index contributed by atoms with van der Waals surface area (Å²) in [7, 11) is 0. The molecule has 94 valence electrons. The van der Waals surface area contributed by atoms with Crippen molar-refractivity contribution in [2.45, 2.75) is 6.04 Å². The lowest BCUT2D eigenvalue weighted by molar-refractivity contribution is 0.593. The van der Waals surface area contributed by atoms with Crippen molar-refractivity contribution < 1.29 is 4.39 Å². The number of rotatable bonds is 2. The molecule has 0 aliphatic carbocycles. The van der Waals surface area contributed by atoms with E-state index in [1.807, 2.05) is 18.2 Å². The van der Waals surface area contributed by atoms with E-state index in [1.165, 1.54) is 0 Å². The van der Waals surface area contributed by atoms with Gasteiger partial charge in [-0.1, -0.05) is 50.1 Å². The monoisotopic (exact) mass is 435 g/mol. The fourth-order valence-electron chi connectivity index (χ4n) is 1.68. The second-order valence-corrected chi connectivity index (χ2v) is 6.41. The minimum Gasteiger partial charge on any atom is -0.320 e. The zero-order valence-corrected chi connectivity index (χ0v) is 13.9. The fourth-order valence-corrected chi connectivity index (χ4v) is 3.36. The van der Waals surface area contributed by atoms with E-state index in [-0.39, 0.29) is 5.82 Å². The van der Waals surface area contributed by atoms with Crippen LogP contribution in [0.15, 0.2) is 49.8 Å². The SMILES string of the molecule is NC(c1ccc(Br)cc1Br)c1cccc(Br)c1F. The molecule has 0 bridgehead atoms. The maximum Gasteiger partial charge on any atom is 0.142 e. The van der Waals surface area contributed by atoms with Crippen molar-refractivity contribution in [3.05, 3.63) is 66.8 Å². The van der Waals surface area contributed by atoms with Gasteiger partial charge in [0.1, 0.15) is 5.82 Å². The van der Waals surface area contributed by atoms with Crippen LogP contribution in [0.1, 0.15) is 17.2 Å². The first-order chi connectivity index (χ1) is 8.50. The van der Waals surface area contributed by atoms with Gasteiger partial charge >= 0.3 is 0 Å². The van der Waals surface area contributed by atoms with Gasteiger partial charge in [-0.2, -0.15) is 0 Å². The summed E-state index contributed by atoms with van der Waals surface area (Å²) in [5.41, 5.74) is 7.44. The Balaban J connectivity index is 2.48. The molecular formula is C13H9Br3FN. The molecule has 0 amide bonds. The first-order valence-electron chi connectivity index (χ1n) is 5.15. The van der Waals surface area contributed by atoms with Crippen LogP contribution < -0.4 is 5.73 Å². The molecule has 0 heterocycles. The van der Waals surface area contributed by atoms with Gasteiger partial charge in [-0.15, -0.1) is 0 Å². The van der Waals surface area contributed by atoms with Crippen LogP contribution in [0.5, 0.6) is 0 Å². The molecule has 0 fully saturated rings. The van der Waals surface area contributed by atoms with Gasteiger partial charge in [-0.05, 0) is 39.7 Å². The van der Waals surface area contributed by atoms with E-state index in [4.69, 9.17) is 5.73 Å². The minimum absolute atomic E-state index is 0.320. The third-order valence-corrected chi connectivity index (χ3v) is 4.41. The molecule has 2 aromatic rings. The molecule has 0 aliphatic heterocycles. The molecule has 0 aliphatic rings. The van der Waals surface area contributed by atoms with E-state index < -0.39 is 6.04 Å². The third-order valence-electron chi connectivity index (χ3n) is 2.61. The standard InChI is InChI=1S/C13H9Br3FN/c14-7-4-5-8(11(16)6-7)13(18)9-2-1-3-10(15)12(9)17/h1-6,13H,18H2. The summed E-state index contributed by atoms with van der Waals surface area (Å²) in [4.78, 5) is 0. The highest BCUT2D eigenvalue weighted by Crippen LogP contribution is 2.32. The summed E-state index contributed by atoms with van der Waals surface area (Å²) < 4.78 is 16.2. The summed E-state index contributed by atoms with van der Waals surface area (Å²) in [6.07, 6.45) is 0. The van der Waals surface area contributed by atoms with Gasteiger partial charge in [0.2, 0.25) is 0 Å². The fraction of sp³-hybridized carbons (Fsp3) is 0.0769. The van der Waals surface area contributed by atoms with E-state index in [0.29, 0.717) is 10.0 Å². The van der Waals surface area contributed by atoms with Gasteiger partial charge < -0.3 is 5.73 Å². The average Bonchev–Trinajstić information content (AvgIpc) is 2.32. The van der Waals surface area contributed by atoms with Crippen molar-refractivity contribution in [3.8, 4) is 0 Å². The van der Waals surface area contributed by atoms with Crippen LogP contribution in [0, 0.1) is 5.82 Å². The average molecular weight is 438 g/mol. The van der Waals surface area contributed by atoms with Gasteiger partial charge in [0.05, 0.1) is 10.5 Å². The van der Waals surface area contributed by atoms with Gasteiger partial charge in [0, 0.05) is 14.5 Å². The lowest BCUT2D eigenvalue weighted by Gasteiger charge is -2.16. The summed E-state index contributed by atoms with van der Waals surface area (Å²) in [5, 5.41) is 0. The Morgan fingerprint density at radius 3 is 2.33 bits per heavy atom. The highest BCUT2D eigenvalue weighted by Gasteiger charge is 2.17. The molecule has 2 rings (SSSR count). The van der Waals surface area contributed by atoms with Crippen LogP contribution >= 0.6 is 47.8 Å². The Kier molecular flexibility index (Phi) is 4.59. The zero-order chi connectivity index (χ0) is 13.3. The summed E-state index contributed by atoms with van der Waals surface area (Å²) in [6, 6.07) is 10.3. The highest BCUT2D eigenvalue weighted by atomic mass is 79.9. The number of hydrogen-bond acceptors (Lipinski definition) is 1. The number of benzene rings is 2. The Bertz CT molecular complexity index is 586. The predicted octanol–water partition coefficient (Wildman–Crippen LogP) is 5.16. The molecule has 0 aromatic heterocycles. The molecule has 0 radical (unpaired) electrons. The van der Waals surface area contributed by atoms with E-state index in [1.54, 1.807) is 18.2 Å². The number of halogens is 4. The van der Waals surface area contributed by atoms with Gasteiger partial charge in [-0.3, -0.25) is 0 Å². The van der Waals surface area contributed by atoms with Crippen molar-refractivity contribution in [2.75, 3.05) is 0 Å². The summed E-state index contributed by atoms with van der Waals surface area (Å²) in [5.74, 6) is -0.320. The zero-order valence-electron chi connectivity index (χ0n) is 9.13. The lowest BCUT2D eigenvalue weighted by atomic mass is 9.99. The van der Waals surface area contributed by atoms with Crippen molar-refractivity contribution >= 4 is 47.8 Å². The topological polar surface area (TPSA) is 26.0 Å². The largest absolute Gasteiger partial charge is 0.320 e. The number of nitrogens with two attached hydrogens (primary N) is 1. The van der Waals surface area contributed by atoms with Gasteiger partial charge in [0.25, 0.3) is 0 Å². The quantitative estimate of drug-likeness (QED) is 0.689. The van der Waals surface area contributed by atoms with Crippen LogP contribution in [-0.2, 0) is 0 Å². The van der Waals surface area contributed by atoms with Crippen LogP contribution in [0.3, 0.4) is 0 Å². The molecule has 2 N–H and O–H groups in total. The molecule has 0 saturated carbocycles. The normalized spacial score (nSPS) is 12.5. The van der Waals surface area contributed by atoms with E-state index >= 15 is 0 Å². The molecule has 1 atom stereocenters. The maximum absolute atomic E-state index is 14.0. The summed E-state index contributed by atoms with van der Waals surface area (Å²) >= 11 is 9.99. The lowest BCUT2D eigenvalue weighted by Crippen LogP contribution is -2.14.